The van der Waals surface area contributed by atoms with Crippen molar-refractivity contribution in [1.82, 2.24) is 0 Å². The van der Waals surface area contributed by atoms with E-state index in [4.69, 9.17) is 17.8 Å². The van der Waals surface area contributed by atoms with Crippen LogP contribution in [0.4, 0.5) is 0 Å². The highest BCUT2D eigenvalue weighted by molar-refractivity contribution is 7.81. The Balaban J connectivity index is 1.51. The minimum absolute atomic E-state index is 0.00961. The second-order valence-corrected chi connectivity index (χ2v) is 6.37. The van der Waals surface area contributed by atoms with Gasteiger partial charge in [0.05, 0.1) is 26.4 Å². The van der Waals surface area contributed by atoms with Gasteiger partial charge in [-0.3, -0.25) is 0 Å². The van der Waals surface area contributed by atoms with Gasteiger partial charge in [0.25, 0.3) is 0 Å². The molecule has 0 saturated carbocycles. The van der Waals surface area contributed by atoms with Crippen LogP contribution in [0.15, 0.2) is 60.7 Å². The van der Waals surface area contributed by atoms with Crippen LogP contribution in [-0.4, -0.2) is 34.8 Å². The van der Waals surface area contributed by atoms with Gasteiger partial charge in [-0.2, -0.15) is 8.42 Å². The van der Waals surface area contributed by atoms with E-state index in [0.717, 1.165) is 11.5 Å². The Labute approximate surface area is 148 Å². The van der Waals surface area contributed by atoms with Crippen molar-refractivity contribution < 1.29 is 26.3 Å². The van der Waals surface area contributed by atoms with Gasteiger partial charge in [-0.15, -0.1) is 0 Å². The first kappa shape index (κ1) is 19.2. The van der Waals surface area contributed by atoms with Crippen LogP contribution < -0.4 is 9.47 Å². The number of benzene rings is 2. The molecule has 0 N–H and O–H groups in total. The van der Waals surface area contributed by atoms with E-state index in [0.29, 0.717) is 26.1 Å². The van der Waals surface area contributed by atoms with E-state index in [1.54, 1.807) is 0 Å². The first-order valence-electron chi connectivity index (χ1n) is 8.05. The molecule has 0 heterocycles. The van der Waals surface area contributed by atoms with Gasteiger partial charge in [-0.05, 0) is 24.3 Å². The van der Waals surface area contributed by atoms with Crippen LogP contribution in [-0.2, 0) is 18.8 Å². The quantitative estimate of drug-likeness (QED) is 0.537. The molecule has 2 rings (SSSR count). The Kier molecular flexibility index (Phi) is 8.24. The van der Waals surface area contributed by atoms with Crippen LogP contribution in [0.2, 0.25) is 0 Å². The van der Waals surface area contributed by atoms with E-state index in [2.05, 4.69) is 0 Å². The highest BCUT2D eigenvalue weighted by atomic mass is 32.3. The molecule has 0 aliphatic heterocycles. The largest absolute Gasteiger partial charge is 0.494 e. The van der Waals surface area contributed by atoms with Gasteiger partial charge in [0.1, 0.15) is 11.5 Å². The Bertz CT molecular complexity index is 633. The SMILES string of the molecule is O=S(=O)(OCCCOc1ccccc1)OCCCOc1ccccc1. The third kappa shape index (κ3) is 8.53. The average Bonchev–Trinajstić information content (AvgIpc) is 2.63. The van der Waals surface area contributed by atoms with Crippen molar-refractivity contribution in [2.24, 2.45) is 0 Å². The van der Waals surface area contributed by atoms with Crippen LogP contribution in [0.5, 0.6) is 11.5 Å². The second-order valence-electron chi connectivity index (χ2n) is 5.08. The molecular formula is C18H22O6S. The van der Waals surface area contributed by atoms with Crippen LogP contribution in [0.3, 0.4) is 0 Å². The molecule has 0 spiro atoms. The summed E-state index contributed by atoms with van der Waals surface area (Å²) in [7, 11) is -3.98. The predicted octanol–water partition coefficient (Wildman–Crippen LogP) is 3.20. The van der Waals surface area contributed by atoms with Crippen molar-refractivity contribution >= 4 is 10.4 Å². The summed E-state index contributed by atoms with van der Waals surface area (Å²) in [6.45, 7) is 0.750. The summed E-state index contributed by atoms with van der Waals surface area (Å²) in [5, 5.41) is 0. The summed E-state index contributed by atoms with van der Waals surface area (Å²) >= 11 is 0. The molecule has 0 aliphatic carbocycles. The Morgan fingerprint density at radius 3 is 1.40 bits per heavy atom. The molecule has 6 nitrogen and oxygen atoms in total. The Morgan fingerprint density at radius 1 is 0.600 bits per heavy atom. The standard InChI is InChI=1S/C18H22O6S/c19-25(20,23-15-7-13-21-17-9-3-1-4-10-17)24-16-8-14-22-18-11-5-2-6-12-18/h1-6,9-12H,7-8,13-16H2. The van der Waals surface area contributed by atoms with Crippen LogP contribution in [0, 0.1) is 0 Å². The summed E-state index contributed by atoms with van der Waals surface area (Å²) in [4.78, 5) is 0. The zero-order chi connectivity index (χ0) is 17.8. The predicted molar refractivity (Wildman–Crippen MR) is 93.9 cm³/mol. The lowest BCUT2D eigenvalue weighted by Crippen LogP contribution is -2.14. The van der Waals surface area contributed by atoms with E-state index < -0.39 is 10.4 Å². The van der Waals surface area contributed by atoms with Crippen molar-refractivity contribution in [2.45, 2.75) is 12.8 Å². The smallest absolute Gasteiger partial charge is 0.399 e. The van der Waals surface area contributed by atoms with E-state index >= 15 is 0 Å². The molecule has 7 heteroatoms. The van der Waals surface area contributed by atoms with E-state index in [1.807, 2.05) is 60.7 Å². The number of rotatable bonds is 12. The fourth-order valence-corrected chi connectivity index (χ4v) is 2.60. The maximum absolute atomic E-state index is 11.6. The lowest BCUT2D eigenvalue weighted by molar-refractivity contribution is 0.186. The van der Waals surface area contributed by atoms with E-state index in [9.17, 15) is 8.42 Å². The molecule has 0 amide bonds. The van der Waals surface area contributed by atoms with Crippen LogP contribution in [0.1, 0.15) is 12.8 Å². The molecule has 2 aromatic carbocycles. The molecule has 0 atom stereocenters. The first-order chi connectivity index (χ1) is 12.2. The molecule has 0 fully saturated rings. The molecule has 25 heavy (non-hydrogen) atoms. The normalized spacial score (nSPS) is 11.2. The van der Waals surface area contributed by atoms with Crippen LogP contribution in [0.25, 0.3) is 0 Å². The highest BCUT2D eigenvalue weighted by Gasteiger charge is 2.11. The minimum Gasteiger partial charge on any atom is -0.494 e. The average molecular weight is 366 g/mol. The highest BCUT2D eigenvalue weighted by Crippen LogP contribution is 2.09. The molecule has 2 aromatic rings. The topological polar surface area (TPSA) is 71.1 Å². The van der Waals surface area contributed by atoms with Gasteiger partial charge in [-0.25, -0.2) is 8.37 Å². The molecular weight excluding hydrogens is 344 g/mol. The monoisotopic (exact) mass is 366 g/mol. The van der Waals surface area contributed by atoms with Gasteiger partial charge in [0.2, 0.25) is 0 Å². The number of hydrogen-bond donors (Lipinski definition) is 0. The van der Waals surface area contributed by atoms with Crippen molar-refractivity contribution in [3.63, 3.8) is 0 Å². The van der Waals surface area contributed by atoms with Gasteiger partial charge in [0.15, 0.2) is 0 Å². The summed E-state index contributed by atoms with van der Waals surface area (Å²) in [5.41, 5.74) is 0. The fraction of sp³-hybridized carbons (Fsp3) is 0.333. The zero-order valence-electron chi connectivity index (χ0n) is 13.9. The van der Waals surface area contributed by atoms with Gasteiger partial charge in [0, 0.05) is 12.8 Å². The van der Waals surface area contributed by atoms with E-state index in [1.165, 1.54) is 0 Å². The van der Waals surface area contributed by atoms with Gasteiger partial charge < -0.3 is 9.47 Å². The van der Waals surface area contributed by atoms with Crippen molar-refractivity contribution in [2.75, 3.05) is 26.4 Å². The first-order valence-corrected chi connectivity index (χ1v) is 9.38. The van der Waals surface area contributed by atoms with Gasteiger partial charge >= 0.3 is 10.4 Å². The molecule has 0 bridgehead atoms. The lowest BCUT2D eigenvalue weighted by atomic mass is 10.3. The molecule has 136 valence electrons. The number of ether oxygens (including phenoxy) is 2. The third-order valence-electron chi connectivity index (χ3n) is 3.06. The molecule has 0 aromatic heterocycles. The molecule has 0 saturated heterocycles. The lowest BCUT2D eigenvalue weighted by Gasteiger charge is -2.08. The van der Waals surface area contributed by atoms with Crippen molar-refractivity contribution in [3.05, 3.63) is 60.7 Å². The Morgan fingerprint density at radius 2 is 1.00 bits per heavy atom. The molecule has 0 radical (unpaired) electrons. The van der Waals surface area contributed by atoms with Gasteiger partial charge in [-0.1, -0.05) is 36.4 Å². The summed E-state index contributed by atoms with van der Waals surface area (Å²) in [6.07, 6.45) is 0.878. The van der Waals surface area contributed by atoms with Crippen LogP contribution >= 0.6 is 0 Å². The minimum atomic E-state index is -3.98. The number of hydrogen-bond acceptors (Lipinski definition) is 6. The fourth-order valence-electron chi connectivity index (χ4n) is 1.89. The van der Waals surface area contributed by atoms with Crippen molar-refractivity contribution in [3.8, 4) is 11.5 Å². The van der Waals surface area contributed by atoms with E-state index in [-0.39, 0.29) is 13.2 Å². The van der Waals surface area contributed by atoms with Crippen molar-refractivity contribution in [1.29, 1.82) is 0 Å². The summed E-state index contributed by atoms with van der Waals surface area (Å²) < 4.78 is 43.6. The maximum atomic E-state index is 11.6. The third-order valence-corrected chi connectivity index (χ3v) is 3.97. The summed E-state index contributed by atoms with van der Waals surface area (Å²) in [5.74, 6) is 1.47. The molecule has 0 unspecified atom stereocenters. The zero-order valence-corrected chi connectivity index (χ0v) is 14.7. The maximum Gasteiger partial charge on any atom is 0.399 e. The Hall–Kier alpha value is -2.09. The summed E-state index contributed by atoms with van der Waals surface area (Å²) in [6, 6.07) is 18.6. The number of para-hydroxylation sites is 2. The molecule has 0 aliphatic rings. The second kappa shape index (κ2) is 10.7.